The molecule has 0 amide bonds. The van der Waals surface area contributed by atoms with E-state index >= 15 is 0 Å². The lowest BCUT2D eigenvalue weighted by Gasteiger charge is -2.09. The molecule has 19 heavy (non-hydrogen) atoms. The van der Waals surface area contributed by atoms with Crippen LogP contribution in [0.4, 0.5) is 0 Å². The van der Waals surface area contributed by atoms with Gasteiger partial charge in [0, 0.05) is 16.9 Å². The minimum atomic E-state index is 0.121. The minimum Gasteiger partial charge on any atom is -0.489 e. The Bertz CT molecular complexity index is 627. The fourth-order valence-electron chi connectivity index (χ4n) is 2.43. The Hall–Kier alpha value is -1.61. The number of Topliss-reactive ketones (excluding diaryl/α,β-unsaturated/α-hetero) is 1. The number of para-hydroxylation sites is 1. The average molecular weight is 272 g/mol. The Labute approximate surface area is 117 Å². The van der Waals surface area contributed by atoms with Gasteiger partial charge in [0.1, 0.15) is 11.9 Å². The van der Waals surface area contributed by atoms with Gasteiger partial charge in [-0.3, -0.25) is 4.79 Å². The van der Waals surface area contributed by atoms with E-state index in [1.807, 2.05) is 12.1 Å². The first-order valence-electron chi connectivity index (χ1n) is 6.58. The maximum atomic E-state index is 11.4. The molecule has 98 valence electrons. The van der Waals surface area contributed by atoms with Crippen LogP contribution >= 0.6 is 11.3 Å². The number of thiophene rings is 1. The van der Waals surface area contributed by atoms with Crippen molar-refractivity contribution in [2.75, 3.05) is 0 Å². The lowest BCUT2D eigenvalue weighted by atomic mass is 10.0. The zero-order valence-corrected chi connectivity index (χ0v) is 11.9. The Morgan fingerprint density at radius 3 is 2.89 bits per heavy atom. The number of ketones is 1. The minimum absolute atomic E-state index is 0.121. The van der Waals surface area contributed by atoms with E-state index in [4.69, 9.17) is 4.74 Å². The predicted molar refractivity (Wildman–Crippen MR) is 78.2 cm³/mol. The molecule has 2 aromatic rings. The van der Waals surface area contributed by atoms with Crippen LogP contribution in [0.15, 0.2) is 30.3 Å². The van der Waals surface area contributed by atoms with Crippen LogP contribution in [0.3, 0.4) is 0 Å². The SMILES string of the molecule is CCC1Cc2cccc(-c3ccc(C(C)=O)s3)c2O1. The molecule has 0 aliphatic carbocycles. The van der Waals surface area contributed by atoms with Crippen molar-refractivity contribution >= 4 is 17.1 Å². The fourth-order valence-corrected chi connectivity index (χ4v) is 3.36. The number of ether oxygens (including phenoxy) is 1. The van der Waals surface area contributed by atoms with E-state index in [9.17, 15) is 4.79 Å². The van der Waals surface area contributed by atoms with Crippen LogP contribution in [0.2, 0.25) is 0 Å². The molecule has 0 saturated heterocycles. The van der Waals surface area contributed by atoms with Crippen LogP contribution in [0.25, 0.3) is 10.4 Å². The van der Waals surface area contributed by atoms with Gasteiger partial charge in [0.15, 0.2) is 5.78 Å². The van der Waals surface area contributed by atoms with E-state index in [0.717, 1.165) is 33.9 Å². The molecule has 3 rings (SSSR count). The highest BCUT2D eigenvalue weighted by Crippen LogP contribution is 2.41. The highest BCUT2D eigenvalue weighted by Gasteiger charge is 2.24. The molecule has 0 radical (unpaired) electrons. The summed E-state index contributed by atoms with van der Waals surface area (Å²) >= 11 is 1.54. The van der Waals surface area contributed by atoms with Crippen molar-refractivity contribution in [3.63, 3.8) is 0 Å². The van der Waals surface area contributed by atoms with Crippen LogP contribution in [0, 0.1) is 0 Å². The Kier molecular flexibility index (Phi) is 3.15. The van der Waals surface area contributed by atoms with Crippen molar-refractivity contribution < 1.29 is 9.53 Å². The third kappa shape index (κ3) is 2.19. The van der Waals surface area contributed by atoms with Crippen LogP contribution in [0.1, 0.15) is 35.5 Å². The second-order valence-corrected chi connectivity index (χ2v) is 5.95. The second-order valence-electron chi connectivity index (χ2n) is 4.87. The highest BCUT2D eigenvalue weighted by molar-refractivity contribution is 7.17. The maximum Gasteiger partial charge on any atom is 0.169 e. The Balaban J connectivity index is 2.02. The molecule has 1 aromatic heterocycles. The van der Waals surface area contributed by atoms with Gasteiger partial charge in [-0.25, -0.2) is 0 Å². The summed E-state index contributed by atoms with van der Waals surface area (Å²) in [5.41, 5.74) is 2.40. The molecule has 0 fully saturated rings. The van der Waals surface area contributed by atoms with Crippen molar-refractivity contribution in [1.82, 2.24) is 0 Å². The summed E-state index contributed by atoms with van der Waals surface area (Å²) in [4.78, 5) is 13.3. The molecule has 1 aliphatic rings. The zero-order valence-electron chi connectivity index (χ0n) is 11.1. The number of fused-ring (bicyclic) bond motifs is 1. The third-order valence-corrected chi connectivity index (χ3v) is 4.72. The van der Waals surface area contributed by atoms with Gasteiger partial charge in [-0.2, -0.15) is 0 Å². The number of hydrogen-bond donors (Lipinski definition) is 0. The number of carbonyl (C=O) groups excluding carboxylic acids is 1. The molecule has 1 aliphatic heterocycles. The lowest BCUT2D eigenvalue weighted by molar-refractivity contribution is 0.102. The first-order valence-corrected chi connectivity index (χ1v) is 7.40. The monoisotopic (exact) mass is 272 g/mol. The van der Waals surface area contributed by atoms with Crippen molar-refractivity contribution in [1.29, 1.82) is 0 Å². The second kappa shape index (κ2) is 4.82. The van der Waals surface area contributed by atoms with Crippen molar-refractivity contribution in [3.05, 3.63) is 40.8 Å². The lowest BCUT2D eigenvalue weighted by Crippen LogP contribution is -2.10. The maximum absolute atomic E-state index is 11.4. The summed E-state index contributed by atoms with van der Waals surface area (Å²) in [7, 11) is 0. The standard InChI is InChI=1S/C16H16O2S/c1-3-12-9-11-5-4-6-13(16(11)18-12)15-8-7-14(19-15)10(2)17/h4-8,12H,3,9H2,1-2H3. The summed E-state index contributed by atoms with van der Waals surface area (Å²) in [6.07, 6.45) is 2.31. The van der Waals surface area contributed by atoms with E-state index in [-0.39, 0.29) is 5.78 Å². The molecule has 1 atom stereocenters. The largest absolute Gasteiger partial charge is 0.489 e. The van der Waals surface area contributed by atoms with Crippen LogP contribution < -0.4 is 4.74 Å². The van der Waals surface area contributed by atoms with E-state index in [1.165, 1.54) is 16.9 Å². The number of rotatable bonds is 3. The molecule has 2 heterocycles. The summed E-state index contributed by atoms with van der Waals surface area (Å²) in [6.45, 7) is 3.75. The summed E-state index contributed by atoms with van der Waals surface area (Å²) in [5, 5.41) is 0. The van der Waals surface area contributed by atoms with Crippen molar-refractivity contribution in [3.8, 4) is 16.2 Å². The Morgan fingerprint density at radius 2 is 2.21 bits per heavy atom. The van der Waals surface area contributed by atoms with Crippen LogP contribution in [-0.4, -0.2) is 11.9 Å². The van der Waals surface area contributed by atoms with Gasteiger partial charge in [-0.05, 0) is 37.1 Å². The van der Waals surface area contributed by atoms with E-state index in [0.29, 0.717) is 6.10 Å². The first-order chi connectivity index (χ1) is 9.19. The predicted octanol–water partition coefficient (Wildman–Crippen LogP) is 4.33. The molecule has 1 unspecified atom stereocenters. The normalized spacial score (nSPS) is 17.1. The smallest absolute Gasteiger partial charge is 0.169 e. The van der Waals surface area contributed by atoms with E-state index in [1.54, 1.807) is 6.92 Å². The first kappa shape index (κ1) is 12.4. The molecule has 0 spiro atoms. The van der Waals surface area contributed by atoms with E-state index in [2.05, 4.69) is 25.1 Å². The molecular formula is C16H16O2S. The molecule has 0 N–H and O–H groups in total. The molecule has 2 nitrogen and oxygen atoms in total. The third-order valence-electron chi connectivity index (χ3n) is 3.50. The van der Waals surface area contributed by atoms with Crippen molar-refractivity contribution in [2.24, 2.45) is 0 Å². The quantitative estimate of drug-likeness (QED) is 0.777. The summed E-state index contributed by atoms with van der Waals surface area (Å²) in [5.74, 6) is 1.13. The van der Waals surface area contributed by atoms with Gasteiger partial charge >= 0.3 is 0 Å². The zero-order chi connectivity index (χ0) is 13.4. The van der Waals surface area contributed by atoms with Gasteiger partial charge in [-0.15, -0.1) is 11.3 Å². The highest BCUT2D eigenvalue weighted by atomic mass is 32.1. The molecule has 1 aromatic carbocycles. The average Bonchev–Trinajstić information content (AvgIpc) is 3.04. The number of hydrogen-bond acceptors (Lipinski definition) is 3. The van der Waals surface area contributed by atoms with Crippen LogP contribution in [0.5, 0.6) is 5.75 Å². The number of benzene rings is 1. The fraction of sp³-hybridized carbons (Fsp3) is 0.312. The van der Waals surface area contributed by atoms with Crippen LogP contribution in [-0.2, 0) is 6.42 Å². The van der Waals surface area contributed by atoms with Gasteiger partial charge in [-0.1, -0.05) is 19.1 Å². The summed E-state index contributed by atoms with van der Waals surface area (Å²) < 4.78 is 6.03. The topological polar surface area (TPSA) is 26.3 Å². The van der Waals surface area contributed by atoms with Gasteiger partial charge < -0.3 is 4.74 Å². The molecule has 0 bridgehead atoms. The molecule has 0 saturated carbocycles. The van der Waals surface area contributed by atoms with Gasteiger partial charge in [0.25, 0.3) is 0 Å². The van der Waals surface area contributed by atoms with E-state index < -0.39 is 0 Å². The Morgan fingerprint density at radius 1 is 1.37 bits per heavy atom. The molecule has 3 heteroatoms. The molecular weight excluding hydrogens is 256 g/mol. The van der Waals surface area contributed by atoms with Gasteiger partial charge in [0.2, 0.25) is 0 Å². The summed E-state index contributed by atoms with van der Waals surface area (Å²) in [6, 6.07) is 10.2. The van der Waals surface area contributed by atoms with Crippen molar-refractivity contribution in [2.45, 2.75) is 32.8 Å². The van der Waals surface area contributed by atoms with Gasteiger partial charge in [0.05, 0.1) is 4.88 Å². The number of carbonyl (C=O) groups is 1.